The molecule has 1 saturated heterocycles. The Morgan fingerprint density at radius 1 is 1.33 bits per heavy atom. The number of tetrazole rings is 1. The fraction of sp³-hybridized carbons (Fsp3) is 0.316. The smallest absolute Gasteiger partial charge is 0.414 e. The second kappa shape index (κ2) is 8.11. The van der Waals surface area contributed by atoms with Gasteiger partial charge in [-0.3, -0.25) is 9.88 Å². The van der Waals surface area contributed by atoms with Gasteiger partial charge in [0.1, 0.15) is 24.3 Å². The molecule has 1 aliphatic heterocycles. The second-order valence-corrected chi connectivity index (χ2v) is 6.65. The van der Waals surface area contributed by atoms with Crippen molar-refractivity contribution in [3.8, 4) is 22.6 Å². The summed E-state index contributed by atoms with van der Waals surface area (Å²) in [5, 5.41) is 21.5. The molecule has 0 saturated carbocycles. The number of hydrogen-bond donors (Lipinski definition) is 1. The predicted octanol–water partition coefficient (Wildman–Crippen LogP) is 2.22. The van der Waals surface area contributed by atoms with Gasteiger partial charge >= 0.3 is 6.09 Å². The quantitative estimate of drug-likeness (QED) is 0.657. The van der Waals surface area contributed by atoms with Crippen LogP contribution in [-0.2, 0) is 11.3 Å². The monoisotopic (exact) mass is 416 g/mol. The number of benzene rings is 1. The van der Waals surface area contributed by atoms with Gasteiger partial charge in [0, 0.05) is 17.3 Å². The van der Waals surface area contributed by atoms with Gasteiger partial charge in [-0.1, -0.05) is 6.07 Å². The summed E-state index contributed by atoms with van der Waals surface area (Å²) >= 11 is 0. The number of halogens is 2. The lowest BCUT2D eigenvalue weighted by atomic mass is 10.1. The number of ether oxygens (including phenoxy) is 1. The van der Waals surface area contributed by atoms with Crippen molar-refractivity contribution >= 4 is 11.8 Å². The van der Waals surface area contributed by atoms with Crippen molar-refractivity contribution in [1.29, 1.82) is 0 Å². The van der Waals surface area contributed by atoms with Crippen LogP contribution in [0, 0.1) is 5.82 Å². The third-order valence-electron chi connectivity index (χ3n) is 4.73. The van der Waals surface area contributed by atoms with Gasteiger partial charge in [0.05, 0.1) is 18.8 Å². The molecule has 1 N–H and O–H groups in total. The number of aryl methyl sites for hydroxylation is 1. The Morgan fingerprint density at radius 3 is 2.80 bits per heavy atom. The Bertz CT molecular complexity index is 1060. The molecule has 1 aliphatic rings. The molecule has 1 unspecified atom stereocenters. The molecule has 11 heteroatoms. The summed E-state index contributed by atoms with van der Waals surface area (Å²) in [6.07, 6.45) is -1.68. The van der Waals surface area contributed by atoms with Crippen LogP contribution in [-0.4, -0.2) is 61.8 Å². The molecule has 0 aliphatic carbocycles. The zero-order chi connectivity index (χ0) is 21.3. The van der Waals surface area contributed by atoms with Crippen molar-refractivity contribution in [2.45, 2.75) is 25.7 Å². The first-order chi connectivity index (χ1) is 14.5. The molecule has 0 spiro atoms. The number of rotatable bonds is 6. The summed E-state index contributed by atoms with van der Waals surface area (Å²) in [5.74, 6) is -0.198. The third kappa shape index (κ3) is 3.71. The zero-order valence-corrected chi connectivity index (χ0v) is 15.9. The standard InChI is InChI=1S/C19H18F2N6O3/c1-2-27-24-18(23-25-27)15-6-3-11(9-22-15)13-5-4-12(7-14(13)21)26-10-17(16(28)8-20)30-19(26)29/h3-7,9,16-17,28H,2,8,10H2,1H3/t16?,17-/m1/s1. The number of amides is 1. The van der Waals surface area contributed by atoms with Crippen LogP contribution in [0.25, 0.3) is 22.6 Å². The van der Waals surface area contributed by atoms with E-state index in [1.807, 2.05) is 6.92 Å². The highest BCUT2D eigenvalue weighted by Gasteiger charge is 2.37. The average molecular weight is 416 g/mol. The Labute approximate surface area is 169 Å². The molecule has 2 atom stereocenters. The molecule has 1 amide bonds. The van der Waals surface area contributed by atoms with Gasteiger partial charge in [-0.15, -0.1) is 10.2 Å². The summed E-state index contributed by atoms with van der Waals surface area (Å²) in [6.45, 7) is 1.37. The van der Waals surface area contributed by atoms with Crippen molar-refractivity contribution in [3.63, 3.8) is 0 Å². The van der Waals surface area contributed by atoms with Crippen LogP contribution in [0.3, 0.4) is 0 Å². The van der Waals surface area contributed by atoms with Gasteiger partial charge in [0.2, 0.25) is 5.82 Å². The molecule has 156 valence electrons. The van der Waals surface area contributed by atoms with Crippen molar-refractivity contribution in [3.05, 3.63) is 42.3 Å². The number of carbonyl (C=O) groups excluding carboxylic acids is 1. The van der Waals surface area contributed by atoms with E-state index in [0.717, 1.165) is 4.90 Å². The number of pyridine rings is 1. The number of aliphatic hydroxyl groups is 1. The zero-order valence-electron chi connectivity index (χ0n) is 15.9. The Morgan fingerprint density at radius 2 is 2.17 bits per heavy atom. The summed E-state index contributed by atoms with van der Waals surface area (Å²) in [7, 11) is 0. The Balaban J connectivity index is 1.54. The minimum atomic E-state index is -1.42. The lowest BCUT2D eigenvalue weighted by Crippen LogP contribution is -2.32. The molecule has 9 nitrogen and oxygen atoms in total. The van der Waals surface area contributed by atoms with E-state index in [4.69, 9.17) is 4.74 Å². The second-order valence-electron chi connectivity index (χ2n) is 6.65. The van der Waals surface area contributed by atoms with E-state index in [-0.39, 0.29) is 17.8 Å². The van der Waals surface area contributed by atoms with Crippen molar-refractivity contribution in [2.75, 3.05) is 18.1 Å². The summed E-state index contributed by atoms with van der Waals surface area (Å²) in [5.41, 5.74) is 1.57. The Kier molecular flexibility index (Phi) is 5.36. The van der Waals surface area contributed by atoms with Crippen LogP contribution in [0.1, 0.15) is 6.92 Å². The number of nitrogens with zero attached hydrogens (tertiary/aromatic N) is 6. The molecule has 30 heavy (non-hydrogen) atoms. The van der Waals surface area contributed by atoms with Crippen LogP contribution < -0.4 is 4.90 Å². The highest BCUT2D eigenvalue weighted by atomic mass is 19.1. The predicted molar refractivity (Wildman–Crippen MR) is 102 cm³/mol. The van der Waals surface area contributed by atoms with E-state index in [1.165, 1.54) is 23.1 Å². The van der Waals surface area contributed by atoms with Crippen molar-refractivity contribution in [1.82, 2.24) is 25.2 Å². The number of aromatic nitrogens is 5. The van der Waals surface area contributed by atoms with Crippen LogP contribution >= 0.6 is 0 Å². The third-order valence-corrected chi connectivity index (χ3v) is 4.73. The molecule has 4 rings (SSSR count). The fourth-order valence-corrected chi connectivity index (χ4v) is 3.07. The minimum absolute atomic E-state index is 0.0651. The summed E-state index contributed by atoms with van der Waals surface area (Å²) in [4.78, 5) is 18.8. The first kappa shape index (κ1) is 19.8. The van der Waals surface area contributed by atoms with Gasteiger partial charge in [0.25, 0.3) is 0 Å². The molecule has 3 heterocycles. The first-order valence-corrected chi connectivity index (χ1v) is 9.26. The van der Waals surface area contributed by atoms with Gasteiger partial charge in [-0.2, -0.15) is 4.80 Å². The number of aliphatic hydroxyl groups excluding tert-OH is 1. The highest BCUT2D eigenvalue weighted by molar-refractivity contribution is 5.90. The highest BCUT2D eigenvalue weighted by Crippen LogP contribution is 2.30. The Hall–Kier alpha value is -3.47. The SMILES string of the molecule is CCn1nnc(-c2ccc(-c3ccc(N4C[C@H](C(O)CF)OC4=O)cc3F)cn2)n1. The number of cyclic esters (lactones) is 1. The van der Waals surface area contributed by atoms with E-state index < -0.39 is 30.8 Å². The van der Waals surface area contributed by atoms with E-state index >= 15 is 0 Å². The van der Waals surface area contributed by atoms with Crippen molar-refractivity contribution in [2.24, 2.45) is 0 Å². The van der Waals surface area contributed by atoms with Crippen LogP contribution in [0.5, 0.6) is 0 Å². The maximum absolute atomic E-state index is 14.8. The molecule has 3 aromatic rings. The van der Waals surface area contributed by atoms with Gasteiger partial charge in [0.15, 0.2) is 6.10 Å². The lowest BCUT2D eigenvalue weighted by Gasteiger charge is -2.15. The van der Waals surface area contributed by atoms with E-state index in [0.29, 0.717) is 23.6 Å². The molecular formula is C19H18F2N6O3. The fourth-order valence-electron chi connectivity index (χ4n) is 3.07. The lowest BCUT2D eigenvalue weighted by molar-refractivity contribution is 0.0188. The number of alkyl halides is 1. The van der Waals surface area contributed by atoms with Gasteiger partial charge in [-0.25, -0.2) is 13.6 Å². The molecule has 1 aromatic carbocycles. The normalized spacial score (nSPS) is 17.3. The summed E-state index contributed by atoms with van der Waals surface area (Å²) in [6, 6.07) is 7.60. The number of carbonyl (C=O) groups is 1. The topological polar surface area (TPSA) is 106 Å². The van der Waals surface area contributed by atoms with Gasteiger partial charge in [-0.05, 0) is 36.4 Å². The van der Waals surface area contributed by atoms with E-state index in [2.05, 4.69) is 20.4 Å². The number of anilines is 1. The molecule has 1 fully saturated rings. The minimum Gasteiger partial charge on any atom is -0.441 e. The van der Waals surface area contributed by atoms with Crippen LogP contribution in [0.2, 0.25) is 0 Å². The average Bonchev–Trinajstić information content (AvgIpc) is 3.40. The largest absolute Gasteiger partial charge is 0.441 e. The van der Waals surface area contributed by atoms with Gasteiger partial charge < -0.3 is 9.84 Å². The maximum Gasteiger partial charge on any atom is 0.414 e. The molecule has 2 aromatic heterocycles. The van der Waals surface area contributed by atoms with Crippen LogP contribution in [0.4, 0.5) is 19.3 Å². The van der Waals surface area contributed by atoms with E-state index in [1.54, 1.807) is 18.2 Å². The number of hydrogen-bond acceptors (Lipinski definition) is 7. The molecule has 0 radical (unpaired) electrons. The molecule has 0 bridgehead atoms. The van der Waals surface area contributed by atoms with Crippen LogP contribution in [0.15, 0.2) is 36.5 Å². The first-order valence-electron chi connectivity index (χ1n) is 9.26. The summed E-state index contributed by atoms with van der Waals surface area (Å²) < 4.78 is 32.3. The maximum atomic E-state index is 14.8. The van der Waals surface area contributed by atoms with Crippen molar-refractivity contribution < 1.29 is 23.4 Å². The molecular weight excluding hydrogens is 398 g/mol. The van der Waals surface area contributed by atoms with E-state index in [9.17, 15) is 18.7 Å².